The number of hydrogen-bond acceptors (Lipinski definition) is 4. The molecule has 1 atom stereocenters. The minimum Gasteiger partial charge on any atom is -0.444 e. The molecule has 5 heteroatoms. The molecule has 0 radical (unpaired) electrons. The fourth-order valence-electron chi connectivity index (χ4n) is 2.13. The second-order valence-corrected chi connectivity index (χ2v) is 6.49. The van der Waals surface area contributed by atoms with Crippen LogP contribution in [0.15, 0.2) is 0 Å². The molecule has 0 aromatic rings. The monoisotopic (exact) mass is 258 g/mol. The molecule has 0 saturated carbocycles. The predicted molar refractivity (Wildman–Crippen MR) is 69.9 cm³/mol. The Morgan fingerprint density at radius 1 is 1.28 bits per heavy atom. The fourth-order valence-corrected chi connectivity index (χ4v) is 2.13. The van der Waals surface area contributed by atoms with Crippen molar-refractivity contribution in [1.29, 1.82) is 0 Å². The largest absolute Gasteiger partial charge is 0.444 e. The molecule has 0 bridgehead atoms. The summed E-state index contributed by atoms with van der Waals surface area (Å²) in [5.74, 6) is 5.57. The third-order valence-electron chi connectivity index (χ3n) is 3.36. The number of carbonyl (C=O) groups excluding carboxylic acids is 1. The van der Waals surface area contributed by atoms with E-state index in [2.05, 4.69) is 0 Å². The van der Waals surface area contributed by atoms with E-state index in [-0.39, 0.29) is 12.0 Å². The summed E-state index contributed by atoms with van der Waals surface area (Å²) in [6.45, 7) is 10.9. The maximum atomic E-state index is 12.0. The molecule has 1 saturated heterocycles. The molecule has 1 fully saturated rings. The van der Waals surface area contributed by atoms with Gasteiger partial charge in [-0.25, -0.2) is 10.7 Å². The van der Waals surface area contributed by atoms with Crippen molar-refractivity contribution in [3.8, 4) is 0 Å². The van der Waals surface area contributed by atoms with Crippen molar-refractivity contribution in [3.05, 3.63) is 0 Å². The molecule has 2 N–H and O–H groups in total. The van der Waals surface area contributed by atoms with Gasteiger partial charge in [-0.15, -0.1) is 0 Å². The molecule has 18 heavy (non-hydrogen) atoms. The quantitative estimate of drug-likeness (QED) is 0.772. The zero-order chi connectivity index (χ0) is 14.0. The van der Waals surface area contributed by atoms with Crippen molar-refractivity contribution < 1.29 is 14.4 Å². The molecule has 0 aliphatic carbocycles. The van der Waals surface area contributed by atoms with Crippen molar-refractivity contribution >= 4 is 6.09 Å². The normalized spacial score (nSPS) is 21.9. The SMILES string of the molecule is CC(C)(C)OC(=O)N1CCCC(C(C)(C)ON)C1. The first-order valence-corrected chi connectivity index (χ1v) is 6.51. The van der Waals surface area contributed by atoms with Crippen LogP contribution < -0.4 is 5.90 Å². The van der Waals surface area contributed by atoms with Gasteiger partial charge in [0.2, 0.25) is 0 Å². The molecule has 0 spiro atoms. The Balaban J connectivity index is 2.61. The first-order chi connectivity index (χ1) is 8.15. The van der Waals surface area contributed by atoms with Crippen LogP contribution in [-0.2, 0) is 9.57 Å². The van der Waals surface area contributed by atoms with Gasteiger partial charge in [0.15, 0.2) is 0 Å². The van der Waals surface area contributed by atoms with Crippen LogP contribution in [0.1, 0.15) is 47.5 Å². The van der Waals surface area contributed by atoms with E-state index >= 15 is 0 Å². The maximum absolute atomic E-state index is 12.0. The molecule has 5 nitrogen and oxygen atoms in total. The van der Waals surface area contributed by atoms with Gasteiger partial charge in [0.05, 0.1) is 5.60 Å². The minimum absolute atomic E-state index is 0.240. The van der Waals surface area contributed by atoms with Crippen molar-refractivity contribution in [2.24, 2.45) is 11.8 Å². The highest BCUT2D eigenvalue weighted by atomic mass is 16.6. The van der Waals surface area contributed by atoms with E-state index in [1.807, 2.05) is 34.6 Å². The van der Waals surface area contributed by atoms with Crippen LogP contribution in [-0.4, -0.2) is 35.3 Å². The smallest absolute Gasteiger partial charge is 0.410 e. The van der Waals surface area contributed by atoms with Gasteiger partial charge in [-0.1, -0.05) is 0 Å². The van der Waals surface area contributed by atoms with Crippen LogP contribution in [0.2, 0.25) is 0 Å². The lowest BCUT2D eigenvalue weighted by atomic mass is 9.84. The molecule has 0 aromatic heterocycles. The van der Waals surface area contributed by atoms with E-state index < -0.39 is 11.2 Å². The van der Waals surface area contributed by atoms with Gasteiger partial charge in [-0.2, -0.15) is 0 Å². The number of nitrogens with two attached hydrogens (primary N) is 1. The summed E-state index contributed by atoms with van der Waals surface area (Å²) in [5, 5.41) is 0. The Kier molecular flexibility index (Phi) is 4.61. The second kappa shape index (κ2) is 5.45. The maximum Gasteiger partial charge on any atom is 0.410 e. The summed E-state index contributed by atoms with van der Waals surface area (Å²) in [6.07, 6.45) is 1.72. The third kappa shape index (κ3) is 4.14. The number of amides is 1. The standard InChI is InChI=1S/C13H26N2O3/c1-12(2,3)17-11(16)15-8-6-7-10(9-15)13(4,5)18-14/h10H,6-9,14H2,1-5H3. The number of rotatable bonds is 2. The number of likely N-dealkylation sites (tertiary alicyclic amines) is 1. The number of carbonyl (C=O) groups is 1. The number of piperidine rings is 1. The van der Waals surface area contributed by atoms with Gasteiger partial charge >= 0.3 is 6.09 Å². The molecule has 1 aliphatic rings. The van der Waals surface area contributed by atoms with Crippen LogP contribution in [0.3, 0.4) is 0 Å². The third-order valence-corrected chi connectivity index (χ3v) is 3.36. The molecule has 1 unspecified atom stereocenters. The second-order valence-electron chi connectivity index (χ2n) is 6.49. The van der Waals surface area contributed by atoms with Crippen LogP contribution in [0, 0.1) is 5.92 Å². The van der Waals surface area contributed by atoms with Gasteiger partial charge in [0.25, 0.3) is 0 Å². The summed E-state index contributed by atoms with van der Waals surface area (Å²) in [7, 11) is 0. The lowest BCUT2D eigenvalue weighted by Gasteiger charge is -2.40. The van der Waals surface area contributed by atoms with Crippen molar-refractivity contribution in [2.75, 3.05) is 13.1 Å². The van der Waals surface area contributed by atoms with E-state index in [4.69, 9.17) is 15.5 Å². The van der Waals surface area contributed by atoms with Crippen molar-refractivity contribution in [3.63, 3.8) is 0 Å². The zero-order valence-corrected chi connectivity index (χ0v) is 12.2. The highest BCUT2D eigenvalue weighted by Gasteiger charge is 2.36. The van der Waals surface area contributed by atoms with E-state index in [1.165, 1.54) is 0 Å². The van der Waals surface area contributed by atoms with E-state index in [0.29, 0.717) is 6.54 Å². The summed E-state index contributed by atoms with van der Waals surface area (Å²) >= 11 is 0. The van der Waals surface area contributed by atoms with Crippen LogP contribution in [0.5, 0.6) is 0 Å². The topological polar surface area (TPSA) is 64.8 Å². The van der Waals surface area contributed by atoms with Crippen LogP contribution >= 0.6 is 0 Å². The number of hydrogen-bond donors (Lipinski definition) is 1. The average molecular weight is 258 g/mol. The van der Waals surface area contributed by atoms with Crippen molar-refractivity contribution in [1.82, 2.24) is 4.90 Å². The average Bonchev–Trinajstić information content (AvgIpc) is 2.27. The van der Waals surface area contributed by atoms with Gasteiger partial charge in [-0.05, 0) is 47.5 Å². The van der Waals surface area contributed by atoms with Crippen LogP contribution in [0.4, 0.5) is 4.79 Å². The van der Waals surface area contributed by atoms with Gasteiger partial charge in [-0.3, -0.25) is 4.84 Å². The van der Waals surface area contributed by atoms with E-state index in [1.54, 1.807) is 4.90 Å². The molecule has 0 aromatic carbocycles. The van der Waals surface area contributed by atoms with Gasteiger partial charge < -0.3 is 9.64 Å². The summed E-state index contributed by atoms with van der Waals surface area (Å²) < 4.78 is 5.39. The first kappa shape index (κ1) is 15.2. The van der Waals surface area contributed by atoms with Gasteiger partial charge in [0.1, 0.15) is 5.60 Å². The molecule has 1 amide bonds. The Morgan fingerprint density at radius 2 is 1.89 bits per heavy atom. The Morgan fingerprint density at radius 3 is 2.39 bits per heavy atom. The molecule has 1 aliphatic heterocycles. The Labute approximate surface area is 110 Å². The lowest BCUT2D eigenvalue weighted by molar-refractivity contribution is -0.0823. The number of nitrogens with zero attached hydrogens (tertiary/aromatic N) is 1. The minimum atomic E-state index is -0.454. The zero-order valence-electron chi connectivity index (χ0n) is 12.2. The predicted octanol–water partition coefficient (Wildman–Crippen LogP) is 2.30. The summed E-state index contributed by atoms with van der Waals surface area (Å²) in [4.78, 5) is 18.8. The highest BCUT2D eigenvalue weighted by Crippen LogP contribution is 2.29. The summed E-state index contributed by atoms with van der Waals surface area (Å²) in [6, 6.07) is 0. The van der Waals surface area contributed by atoms with E-state index in [9.17, 15) is 4.79 Å². The highest BCUT2D eigenvalue weighted by molar-refractivity contribution is 5.68. The molecule has 1 heterocycles. The van der Waals surface area contributed by atoms with Crippen molar-refractivity contribution in [2.45, 2.75) is 58.7 Å². The van der Waals surface area contributed by atoms with Crippen LogP contribution in [0.25, 0.3) is 0 Å². The molecule has 106 valence electrons. The van der Waals surface area contributed by atoms with E-state index in [0.717, 1.165) is 19.4 Å². The summed E-state index contributed by atoms with van der Waals surface area (Å²) in [5.41, 5.74) is -0.870. The van der Waals surface area contributed by atoms with Gasteiger partial charge in [0, 0.05) is 19.0 Å². The Hall–Kier alpha value is -0.810. The Bertz CT molecular complexity index is 297. The lowest BCUT2D eigenvalue weighted by Crippen LogP contribution is -2.49. The molecule has 1 rings (SSSR count). The first-order valence-electron chi connectivity index (χ1n) is 6.51. The number of ether oxygens (including phenoxy) is 1. The molecular weight excluding hydrogens is 232 g/mol. The fraction of sp³-hybridized carbons (Fsp3) is 0.923. The molecular formula is C13H26N2O3.